The van der Waals surface area contributed by atoms with E-state index in [-0.39, 0.29) is 30.3 Å². The van der Waals surface area contributed by atoms with E-state index < -0.39 is 47.3 Å². The van der Waals surface area contributed by atoms with E-state index >= 15 is 0 Å². The van der Waals surface area contributed by atoms with E-state index in [0.29, 0.717) is 5.92 Å². The van der Waals surface area contributed by atoms with Crippen LogP contribution >= 0.6 is 0 Å². The molecule has 1 rings (SSSR count). The smallest absolute Gasteiger partial charge is 0.434 e. The Morgan fingerprint density at radius 1 is 0.688 bits per heavy atom. The van der Waals surface area contributed by atoms with E-state index in [9.17, 15) is 49.1 Å². The first-order valence-corrected chi connectivity index (χ1v) is 16.1. The lowest BCUT2D eigenvalue weighted by atomic mass is 9.84. The van der Waals surface area contributed by atoms with Gasteiger partial charge in [-0.2, -0.15) is 39.5 Å². The molecule has 0 aliphatic rings. The molecule has 1 amide bonds. The highest BCUT2D eigenvalue weighted by Gasteiger charge is 2.60. The van der Waals surface area contributed by atoms with E-state index in [2.05, 4.69) is 63.6 Å². The molecule has 0 heterocycles. The van der Waals surface area contributed by atoms with E-state index in [4.69, 9.17) is 0 Å². The second-order valence-corrected chi connectivity index (χ2v) is 14.4. The Balaban J connectivity index is 0. The Hall–Kier alpha value is -2.47. The highest BCUT2D eigenvalue weighted by atomic mass is 19.4. The zero-order valence-electron chi connectivity index (χ0n) is 30.8. The van der Waals surface area contributed by atoms with Crippen LogP contribution in [0.5, 0.6) is 0 Å². The minimum absolute atomic E-state index is 0.0638. The van der Waals surface area contributed by atoms with Gasteiger partial charge in [0, 0.05) is 12.1 Å². The molecule has 0 saturated heterocycles. The molecular formula is C35H56F9NO3. The van der Waals surface area contributed by atoms with Gasteiger partial charge in [-0.1, -0.05) is 72.7 Å². The Labute approximate surface area is 281 Å². The van der Waals surface area contributed by atoms with Gasteiger partial charge in [-0.3, -0.25) is 9.59 Å². The standard InChI is InChI=1S/C14H22.C12H22F3NO.C9H12F6O2/c1-6-11(2)12-7-9-13(10-8-12)14(3,4)5;1-7-11(6,12(13,14)15)10(17)16(8(2)3)9(4)5;1-4-7(2,3)6(16)17-5(8(10,11)12)9(13,14)15/h7-11H,6H2,1-5H3;8-9H,7H2,1-6H3;5H,4H2,1-3H3. The lowest BCUT2D eigenvalue weighted by molar-refractivity contribution is -0.315. The van der Waals surface area contributed by atoms with Gasteiger partial charge in [0.2, 0.25) is 5.91 Å². The summed E-state index contributed by atoms with van der Waals surface area (Å²) in [6.07, 6.45) is -18.9. The minimum atomic E-state index is -5.67. The quantitative estimate of drug-likeness (QED) is 0.189. The van der Waals surface area contributed by atoms with Gasteiger partial charge < -0.3 is 9.64 Å². The zero-order valence-corrected chi connectivity index (χ0v) is 30.8. The maximum Gasteiger partial charge on any atom is 0.434 e. The van der Waals surface area contributed by atoms with Gasteiger partial charge in [0.25, 0.3) is 6.10 Å². The molecule has 4 nitrogen and oxygen atoms in total. The van der Waals surface area contributed by atoms with Crippen molar-refractivity contribution in [2.45, 2.75) is 164 Å². The molecule has 2 unspecified atom stereocenters. The van der Waals surface area contributed by atoms with Crippen LogP contribution in [0.1, 0.15) is 133 Å². The largest absolute Gasteiger partial charge is 0.442 e. The Kier molecular flexibility index (Phi) is 17.8. The number of benzene rings is 1. The summed E-state index contributed by atoms with van der Waals surface area (Å²) >= 11 is 0. The summed E-state index contributed by atoms with van der Waals surface area (Å²) in [7, 11) is 0. The molecule has 0 saturated carbocycles. The summed E-state index contributed by atoms with van der Waals surface area (Å²) in [4.78, 5) is 24.6. The molecule has 0 aliphatic heterocycles. The summed E-state index contributed by atoms with van der Waals surface area (Å²) in [6, 6.07) is 8.60. The van der Waals surface area contributed by atoms with Crippen molar-refractivity contribution < 1.29 is 53.8 Å². The fourth-order valence-corrected chi connectivity index (χ4v) is 4.10. The predicted octanol–water partition coefficient (Wildman–Crippen LogP) is 11.6. The third-order valence-electron chi connectivity index (χ3n) is 8.37. The predicted molar refractivity (Wildman–Crippen MR) is 171 cm³/mol. The van der Waals surface area contributed by atoms with Crippen molar-refractivity contribution in [1.82, 2.24) is 4.90 Å². The number of carbonyl (C=O) groups excluding carboxylic acids is 2. The van der Waals surface area contributed by atoms with Gasteiger partial charge >= 0.3 is 24.5 Å². The average molecular weight is 710 g/mol. The van der Waals surface area contributed by atoms with Crippen molar-refractivity contribution in [2.75, 3.05) is 0 Å². The van der Waals surface area contributed by atoms with Crippen LogP contribution in [-0.2, 0) is 19.7 Å². The Bertz CT molecular complexity index is 1090. The van der Waals surface area contributed by atoms with Gasteiger partial charge in [0.15, 0.2) is 0 Å². The van der Waals surface area contributed by atoms with Gasteiger partial charge in [-0.25, -0.2) is 0 Å². The molecule has 0 radical (unpaired) electrons. The lowest BCUT2D eigenvalue weighted by Crippen LogP contribution is -2.54. The van der Waals surface area contributed by atoms with Crippen LogP contribution in [-0.4, -0.2) is 53.5 Å². The van der Waals surface area contributed by atoms with Crippen molar-refractivity contribution in [1.29, 1.82) is 0 Å². The molecule has 48 heavy (non-hydrogen) atoms. The number of hydrogen-bond acceptors (Lipinski definition) is 3. The number of rotatable bonds is 9. The highest BCUT2D eigenvalue weighted by molar-refractivity contribution is 5.83. The van der Waals surface area contributed by atoms with Crippen LogP contribution in [0.15, 0.2) is 24.3 Å². The number of carbonyl (C=O) groups is 2. The maximum atomic E-state index is 13.0. The monoisotopic (exact) mass is 709 g/mol. The topological polar surface area (TPSA) is 46.6 Å². The molecule has 0 bridgehead atoms. The highest BCUT2D eigenvalue weighted by Crippen LogP contribution is 2.43. The summed E-state index contributed by atoms with van der Waals surface area (Å²) in [5.74, 6) is -1.68. The van der Waals surface area contributed by atoms with Crippen LogP contribution in [0.2, 0.25) is 0 Å². The first kappa shape index (κ1) is 47.6. The second kappa shape index (κ2) is 18.0. The molecule has 1 aromatic carbocycles. The summed E-state index contributed by atoms with van der Waals surface area (Å²) in [5.41, 5.74) is -0.533. The number of amides is 1. The van der Waals surface area contributed by atoms with E-state index in [1.807, 2.05) is 0 Å². The molecule has 0 aromatic heterocycles. The molecule has 0 fully saturated rings. The number of nitrogens with zero attached hydrogens (tertiary/aromatic N) is 1. The van der Waals surface area contributed by atoms with Gasteiger partial charge in [0.05, 0.1) is 5.41 Å². The lowest BCUT2D eigenvalue weighted by Gasteiger charge is -2.39. The van der Waals surface area contributed by atoms with Crippen LogP contribution in [0.4, 0.5) is 39.5 Å². The number of alkyl halides is 9. The third-order valence-corrected chi connectivity index (χ3v) is 8.37. The first-order valence-electron chi connectivity index (χ1n) is 16.1. The summed E-state index contributed by atoms with van der Waals surface area (Å²) in [6.45, 7) is 24.4. The molecular weight excluding hydrogens is 653 g/mol. The van der Waals surface area contributed by atoms with Gasteiger partial charge in [-0.15, -0.1) is 0 Å². The summed E-state index contributed by atoms with van der Waals surface area (Å²) in [5, 5.41) is 0. The van der Waals surface area contributed by atoms with E-state index in [1.165, 1.54) is 50.1 Å². The van der Waals surface area contributed by atoms with Crippen molar-refractivity contribution in [3.63, 3.8) is 0 Å². The van der Waals surface area contributed by atoms with Crippen molar-refractivity contribution in [3.05, 3.63) is 35.4 Å². The fraction of sp³-hybridized carbons (Fsp3) is 0.771. The van der Waals surface area contributed by atoms with Crippen LogP contribution in [0.25, 0.3) is 0 Å². The normalized spacial score (nSPS) is 14.8. The number of ether oxygens (including phenoxy) is 1. The number of halogens is 9. The molecule has 282 valence electrons. The molecule has 2 atom stereocenters. The van der Waals surface area contributed by atoms with Gasteiger partial charge in [-0.05, 0) is 90.2 Å². The van der Waals surface area contributed by atoms with E-state index in [0.717, 1.165) is 6.92 Å². The average Bonchev–Trinajstić information content (AvgIpc) is 2.92. The number of hydrogen-bond donors (Lipinski definition) is 0. The van der Waals surface area contributed by atoms with Crippen LogP contribution in [0, 0.1) is 10.8 Å². The Morgan fingerprint density at radius 3 is 1.33 bits per heavy atom. The zero-order chi connectivity index (χ0) is 38.9. The first-order chi connectivity index (χ1) is 21.3. The van der Waals surface area contributed by atoms with Crippen LogP contribution in [0.3, 0.4) is 0 Å². The maximum absolute atomic E-state index is 13.0. The SMILES string of the molecule is CCC(C)(C(=O)N(C(C)C)C(C)C)C(F)(F)F.CCC(C)(C)C(=O)OC(C(F)(F)F)C(F)(F)F.CCC(C)c1ccc(C(C)(C)C)cc1. The van der Waals surface area contributed by atoms with E-state index in [1.54, 1.807) is 27.7 Å². The minimum Gasteiger partial charge on any atom is -0.442 e. The molecule has 0 spiro atoms. The molecule has 0 N–H and O–H groups in total. The van der Waals surface area contributed by atoms with Crippen LogP contribution < -0.4 is 0 Å². The molecule has 13 heteroatoms. The second-order valence-electron chi connectivity index (χ2n) is 14.4. The summed E-state index contributed by atoms with van der Waals surface area (Å²) < 4.78 is 115. The molecule has 1 aromatic rings. The fourth-order valence-electron chi connectivity index (χ4n) is 4.10. The van der Waals surface area contributed by atoms with Gasteiger partial charge in [0.1, 0.15) is 5.41 Å². The van der Waals surface area contributed by atoms with Crippen molar-refractivity contribution in [3.8, 4) is 0 Å². The third kappa shape index (κ3) is 14.2. The van der Waals surface area contributed by atoms with Crippen molar-refractivity contribution in [2.24, 2.45) is 10.8 Å². The molecule has 0 aliphatic carbocycles. The number of esters is 1. The van der Waals surface area contributed by atoms with Crippen molar-refractivity contribution >= 4 is 11.9 Å². The Morgan fingerprint density at radius 2 is 1.08 bits per heavy atom.